The summed E-state index contributed by atoms with van der Waals surface area (Å²) in [6.45, 7) is 4.54. The molecule has 0 saturated heterocycles. The second-order valence-corrected chi connectivity index (χ2v) is 14.8. The molecule has 56 heavy (non-hydrogen) atoms. The van der Waals surface area contributed by atoms with E-state index in [0.717, 1.165) is 72.7 Å². The lowest BCUT2D eigenvalue weighted by molar-refractivity contribution is 0.871. The number of imidazole rings is 1. The van der Waals surface area contributed by atoms with Gasteiger partial charge >= 0.3 is 0 Å². The van der Waals surface area contributed by atoms with E-state index >= 15 is 0 Å². The Balaban J connectivity index is 1.18. The number of H-pyrrole nitrogens is 1. The summed E-state index contributed by atoms with van der Waals surface area (Å²) in [4.78, 5) is 18.5. The van der Waals surface area contributed by atoms with Crippen molar-refractivity contribution >= 4 is 54.6 Å². The normalized spacial score (nSPS) is 11.9. The molecule has 0 bridgehead atoms. The maximum Gasteiger partial charge on any atom is 0.147 e. The highest BCUT2D eigenvalue weighted by atomic mass is 15.1. The predicted molar refractivity (Wildman–Crippen MR) is 231 cm³/mol. The van der Waals surface area contributed by atoms with Crippen molar-refractivity contribution < 1.29 is 0 Å². The minimum Gasteiger partial charge on any atom is -0.354 e. The third-order valence-corrected chi connectivity index (χ3v) is 11.2. The quantitative estimate of drug-likeness (QED) is 0.186. The van der Waals surface area contributed by atoms with Gasteiger partial charge in [-0.3, -0.25) is 14.1 Å². The van der Waals surface area contributed by atoms with Gasteiger partial charge in [0, 0.05) is 62.5 Å². The first-order chi connectivity index (χ1) is 27.6. The highest BCUT2D eigenvalue weighted by Crippen LogP contribution is 2.42. The van der Waals surface area contributed by atoms with E-state index in [0.29, 0.717) is 5.92 Å². The van der Waals surface area contributed by atoms with Crippen LogP contribution in [0.1, 0.15) is 25.3 Å². The largest absolute Gasteiger partial charge is 0.354 e. The Bertz CT molecular complexity index is 3260. The van der Waals surface area contributed by atoms with Crippen molar-refractivity contribution in [2.75, 3.05) is 0 Å². The Morgan fingerprint density at radius 2 is 1.29 bits per heavy atom. The minimum absolute atomic E-state index is 0.330. The monoisotopic (exact) mass is 720 g/mol. The molecule has 0 aliphatic heterocycles. The molecule has 11 rings (SSSR count). The molecular weight excluding hydrogens is 685 g/mol. The van der Waals surface area contributed by atoms with Gasteiger partial charge in [-0.1, -0.05) is 92.7 Å². The Hall–Kier alpha value is -7.31. The van der Waals surface area contributed by atoms with Crippen molar-refractivity contribution in [1.82, 2.24) is 29.1 Å². The first-order valence-electron chi connectivity index (χ1n) is 19.1. The predicted octanol–water partition coefficient (Wildman–Crippen LogP) is 12.7. The van der Waals surface area contributed by atoms with Crippen LogP contribution in [-0.2, 0) is 0 Å². The fourth-order valence-corrected chi connectivity index (χ4v) is 8.65. The van der Waals surface area contributed by atoms with Crippen molar-refractivity contribution in [3.05, 3.63) is 176 Å². The molecule has 0 radical (unpaired) electrons. The Morgan fingerprint density at radius 1 is 0.518 bits per heavy atom. The molecule has 0 atom stereocenters. The first-order valence-corrected chi connectivity index (χ1v) is 19.1. The zero-order valence-corrected chi connectivity index (χ0v) is 31.0. The molecular formula is C50H36N6. The Kier molecular flexibility index (Phi) is 7.26. The minimum atomic E-state index is 0.330. The lowest BCUT2D eigenvalue weighted by atomic mass is 9.91. The van der Waals surface area contributed by atoms with Gasteiger partial charge in [-0.05, 0) is 101 Å². The van der Waals surface area contributed by atoms with Crippen molar-refractivity contribution in [2.45, 2.75) is 19.8 Å². The first kappa shape index (κ1) is 32.1. The number of fused-ring (bicyclic) bond motifs is 7. The van der Waals surface area contributed by atoms with Gasteiger partial charge in [-0.15, -0.1) is 0 Å². The van der Waals surface area contributed by atoms with Crippen LogP contribution in [0.5, 0.6) is 0 Å². The molecule has 11 aromatic rings. The maximum atomic E-state index is 5.55. The number of nitrogens with zero attached hydrogens (tertiary/aromatic N) is 5. The van der Waals surface area contributed by atoms with Crippen LogP contribution >= 0.6 is 0 Å². The summed E-state index contributed by atoms with van der Waals surface area (Å²) in [5.74, 6) is 2.10. The third-order valence-electron chi connectivity index (χ3n) is 11.2. The van der Waals surface area contributed by atoms with Gasteiger partial charge in [0.1, 0.15) is 11.6 Å². The van der Waals surface area contributed by atoms with E-state index in [-0.39, 0.29) is 0 Å². The van der Waals surface area contributed by atoms with Gasteiger partial charge < -0.3 is 4.98 Å². The molecule has 1 N–H and O–H groups in total. The summed E-state index contributed by atoms with van der Waals surface area (Å²) >= 11 is 0. The lowest BCUT2D eigenvalue weighted by Crippen LogP contribution is -1.98. The zero-order chi connectivity index (χ0) is 37.3. The van der Waals surface area contributed by atoms with Gasteiger partial charge in [0.2, 0.25) is 0 Å². The summed E-state index contributed by atoms with van der Waals surface area (Å²) in [6.07, 6.45) is 5.61. The van der Waals surface area contributed by atoms with Crippen LogP contribution < -0.4 is 0 Å². The number of benzene rings is 6. The Morgan fingerprint density at radius 3 is 2.12 bits per heavy atom. The SMILES string of the molecule is CC(C)c1cc2c3ccc(-c4cccc5c4nc(-c4cccc6c4[nH]c4ccccc46)n5-c4ccccc4)cc3n(-c3ccccn3)c2cc1-c1ccncc1. The number of aromatic amines is 1. The molecule has 0 aliphatic carbocycles. The fourth-order valence-electron chi connectivity index (χ4n) is 8.65. The van der Waals surface area contributed by atoms with E-state index in [2.05, 4.69) is 179 Å². The highest BCUT2D eigenvalue weighted by Gasteiger charge is 2.22. The summed E-state index contributed by atoms with van der Waals surface area (Å²) in [6, 6.07) is 54.0. The number of aromatic nitrogens is 6. The molecule has 0 unspecified atom stereocenters. The molecule has 0 amide bonds. The average molecular weight is 721 g/mol. The molecule has 6 heteroatoms. The van der Waals surface area contributed by atoms with E-state index in [1.807, 2.05) is 24.7 Å². The van der Waals surface area contributed by atoms with E-state index in [4.69, 9.17) is 9.97 Å². The number of hydrogen-bond acceptors (Lipinski definition) is 3. The fraction of sp³-hybridized carbons (Fsp3) is 0.0600. The molecule has 266 valence electrons. The van der Waals surface area contributed by atoms with E-state index in [1.54, 1.807) is 0 Å². The van der Waals surface area contributed by atoms with Gasteiger partial charge in [0.25, 0.3) is 0 Å². The standard InChI is InChI=1S/C50H36N6/c1-31(2)40-29-42-37-22-21-33(28-45(37)56(47-20-8-9-25-52-47)46(42)30-41(40)32-23-26-51-27-24-32)35-15-11-19-44-49(35)54-50(55(44)34-12-4-3-5-13-34)39-17-10-16-38-36-14-6-7-18-43(36)53-48(38)39/h3-31,53H,1-2H3. The van der Waals surface area contributed by atoms with E-state index in [9.17, 15) is 0 Å². The molecule has 0 saturated carbocycles. The summed E-state index contributed by atoms with van der Waals surface area (Å²) in [5, 5.41) is 4.78. The average Bonchev–Trinajstić information content (AvgIpc) is 3.93. The third kappa shape index (κ3) is 4.92. The van der Waals surface area contributed by atoms with Crippen LogP contribution in [0.4, 0.5) is 0 Å². The number of rotatable bonds is 6. The summed E-state index contributed by atoms with van der Waals surface area (Å²) < 4.78 is 4.62. The number of hydrogen-bond donors (Lipinski definition) is 1. The van der Waals surface area contributed by atoms with E-state index in [1.165, 1.54) is 32.7 Å². The maximum absolute atomic E-state index is 5.55. The van der Waals surface area contributed by atoms with Crippen LogP contribution in [0.15, 0.2) is 170 Å². The second-order valence-electron chi connectivity index (χ2n) is 14.8. The smallest absolute Gasteiger partial charge is 0.147 e. The van der Waals surface area contributed by atoms with Gasteiger partial charge in [-0.2, -0.15) is 0 Å². The molecule has 0 fully saturated rings. The molecule has 0 spiro atoms. The van der Waals surface area contributed by atoms with Gasteiger partial charge in [0.15, 0.2) is 0 Å². The molecule has 5 aromatic heterocycles. The van der Waals surface area contributed by atoms with E-state index < -0.39 is 0 Å². The number of pyridine rings is 2. The van der Waals surface area contributed by atoms with Crippen molar-refractivity contribution in [3.63, 3.8) is 0 Å². The second kappa shape index (κ2) is 12.6. The highest BCUT2D eigenvalue weighted by molar-refractivity contribution is 6.13. The lowest BCUT2D eigenvalue weighted by Gasteiger charge is -2.15. The molecule has 6 aromatic carbocycles. The van der Waals surface area contributed by atoms with Crippen molar-refractivity contribution in [3.8, 4) is 45.1 Å². The zero-order valence-electron chi connectivity index (χ0n) is 31.0. The molecule has 6 nitrogen and oxygen atoms in total. The van der Waals surface area contributed by atoms with Crippen LogP contribution in [-0.4, -0.2) is 29.1 Å². The Labute approximate surface area is 323 Å². The van der Waals surface area contributed by atoms with Gasteiger partial charge in [-0.25, -0.2) is 9.97 Å². The van der Waals surface area contributed by atoms with Crippen LogP contribution in [0.3, 0.4) is 0 Å². The van der Waals surface area contributed by atoms with Crippen LogP contribution in [0, 0.1) is 0 Å². The van der Waals surface area contributed by atoms with Crippen LogP contribution in [0.25, 0.3) is 99.8 Å². The van der Waals surface area contributed by atoms with Crippen molar-refractivity contribution in [2.24, 2.45) is 0 Å². The van der Waals surface area contributed by atoms with Gasteiger partial charge in [0.05, 0.1) is 27.6 Å². The summed E-state index contributed by atoms with van der Waals surface area (Å²) in [7, 11) is 0. The molecule has 5 heterocycles. The van der Waals surface area contributed by atoms with Crippen molar-refractivity contribution in [1.29, 1.82) is 0 Å². The topological polar surface area (TPSA) is 64.3 Å². The number of para-hydroxylation sites is 4. The molecule has 0 aliphatic rings. The number of nitrogens with one attached hydrogen (secondary N) is 1. The van der Waals surface area contributed by atoms with Crippen LogP contribution in [0.2, 0.25) is 0 Å². The summed E-state index contributed by atoms with van der Waals surface area (Å²) in [5.41, 5.74) is 14.4.